The van der Waals surface area contributed by atoms with Crippen molar-refractivity contribution in [2.75, 3.05) is 20.2 Å². The van der Waals surface area contributed by atoms with Crippen LogP contribution in [0.25, 0.3) is 0 Å². The first kappa shape index (κ1) is 13.1. The van der Waals surface area contributed by atoms with Crippen molar-refractivity contribution < 1.29 is 9.26 Å². The lowest BCUT2D eigenvalue weighted by Gasteiger charge is -2.24. The smallest absolute Gasteiger partial charge is 0.162 e. The molecule has 1 aliphatic carbocycles. The Morgan fingerprint density at radius 3 is 3.05 bits per heavy atom. The summed E-state index contributed by atoms with van der Waals surface area (Å²) in [6.45, 7) is 3.71. The highest BCUT2D eigenvalue weighted by molar-refractivity contribution is 5.05. The van der Waals surface area contributed by atoms with Gasteiger partial charge in [0.15, 0.2) is 5.76 Å². The Hall–Kier alpha value is -0.910. The second-order valence-electron chi connectivity index (χ2n) is 5.67. The zero-order valence-electron chi connectivity index (χ0n) is 11.6. The summed E-state index contributed by atoms with van der Waals surface area (Å²) in [7, 11) is 1.67. The van der Waals surface area contributed by atoms with Crippen LogP contribution >= 0.6 is 0 Å². The lowest BCUT2D eigenvalue weighted by molar-refractivity contribution is 0.155. The van der Waals surface area contributed by atoms with Crippen molar-refractivity contribution in [2.45, 2.75) is 50.9 Å². The topological polar surface area (TPSA) is 50.5 Å². The molecule has 1 unspecified atom stereocenters. The first-order valence-corrected chi connectivity index (χ1v) is 7.26. The summed E-state index contributed by atoms with van der Waals surface area (Å²) in [4.78, 5) is 2.55. The van der Waals surface area contributed by atoms with Crippen LogP contribution in [0.3, 0.4) is 0 Å². The molecule has 5 nitrogen and oxygen atoms in total. The second kappa shape index (κ2) is 6.03. The highest BCUT2D eigenvalue weighted by Gasteiger charge is 2.31. The normalized spacial score (nSPS) is 23.4. The molecular formula is C14H23N3O2. The van der Waals surface area contributed by atoms with E-state index < -0.39 is 0 Å². The highest BCUT2D eigenvalue weighted by atomic mass is 16.5. The van der Waals surface area contributed by atoms with Crippen LogP contribution in [0.5, 0.6) is 0 Å². The van der Waals surface area contributed by atoms with Crippen molar-refractivity contribution in [3.05, 3.63) is 17.5 Å². The number of nitrogens with one attached hydrogen (secondary N) is 1. The Morgan fingerprint density at radius 2 is 2.37 bits per heavy atom. The molecule has 1 aromatic rings. The Morgan fingerprint density at radius 1 is 1.47 bits per heavy atom. The van der Waals surface area contributed by atoms with Gasteiger partial charge in [-0.25, -0.2) is 0 Å². The maximum absolute atomic E-state index is 5.26. The van der Waals surface area contributed by atoms with E-state index >= 15 is 0 Å². The Bertz CT molecular complexity index is 397. The zero-order chi connectivity index (χ0) is 13.1. The van der Waals surface area contributed by atoms with Crippen LogP contribution < -0.4 is 5.32 Å². The number of hydrogen-bond acceptors (Lipinski definition) is 5. The van der Waals surface area contributed by atoms with E-state index in [-0.39, 0.29) is 0 Å². The summed E-state index contributed by atoms with van der Waals surface area (Å²) in [5, 5.41) is 7.72. The average Bonchev–Trinajstić information content (AvgIpc) is 2.95. The van der Waals surface area contributed by atoms with Gasteiger partial charge >= 0.3 is 0 Å². The summed E-state index contributed by atoms with van der Waals surface area (Å²) in [5.41, 5.74) is 1.02. The van der Waals surface area contributed by atoms with Gasteiger partial charge in [-0.2, -0.15) is 0 Å². The Labute approximate surface area is 114 Å². The summed E-state index contributed by atoms with van der Waals surface area (Å²) < 4.78 is 10.3. The van der Waals surface area contributed by atoms with Crippen molar-refractivity contribution >= 4 is 0 Å². The van der Waals surface area contributed by atoms with E-state index in [0.717, 1.165) is 30.6 Å². The molecule has 0 radical (unpaired) electrons. The Balaban J connectivity index is 1.56. The van der Waals surface area contributed by atoms with E-state index in [1.807, 2.05) is 6.07 Å². The van der Waals surface area contributed by atoms with Gasteiger partial charge in [-0.05, 0) is 32.2 Å². The van der Waals surface area contributed by atoms with Crippen LogP contribution in [0.15, 0.2) is 10.6 Å². The van der Waals surface area contributed by atoms with Crippen molar-refractivity contribution in [3.8, 4) is 0 Å². The lowest BCUT2D eigenvalue weighted by Crippen LogP contribution is -2.38. The summed E-state index contributed by atoms with van der Waals surface area (Å²) in [6, 6.07) is 3.43. The minimum atomic E-state index is 0.501. The van der Waals surface area contributed by atoms with Gasteiger partial charge in [-0.15, -0.1) is 0 Å². The first-order chi connectivity index (χ1) is 9.35. The molecule has 1 atom stereocenters. The van der Waals surface area contributed by atoms with E-state index in [1.54, 1.807) is 7.11 Å². The molecule has 5 heteroatoms. The lowest BCUT2D eigenvalue weighted by atomic mass is 10.2. The first-order valence-electron chi connectivity index (χ1n) is 7.26. The maximum Gasteiger partial charge on any atom is 0.162 e. The van der Waals surface area contributed by atoms with Crippen molar-refractivity contribution in [1.29, 1.82) is 0 Å². The van der Waals surface area contributed by atoms with E-state index in [0.29, 0.717) is 12.6 Å². The molecule has 0 aromatic carbocycles. The summed E-state index contributed by atoms with van der Waals surface area (Å²) >= 11 is 0. The van der Waals surface area contributed by atoms with Gasteiger partial charge in [0.1, 0.15) is 6.61 Å². The number of aromatic nitrogens is 1. The highest BCUT2D eigenvalue weighted by Crippen LogP contribution is 2.29. The van der Waals surface area contributed by atoms with Gasteiger partial charge in [-0.1, -0.05) is 5.16 Å². The second-order valence-corrected chi connectivity index (χ2v) is 5.67. The molecule has 1 N–H and O–H groups in total. The monoisotopic (exact) mass is 265 g/mol. The fourth-order valence-corrected chi connectivity index (χ4v) is 2.83. The maximum atomic E-state index is 5.26. The third kappa shape index (κ3) is 3.55. The van der Waals surface area contributed by atoms with E-state index in [2.05, 4.69) is 15.4 Å². The predicted molar refractivity (Wildman–Crippen MR) is 71.7 cm³/mol. The molecule has 3 rings (SSSR count). The summed E-state index contributed by atoms with van der Waals surface area (Å²) in [5.74, 6) is 0.812. The molecule has 1 aliphatic heterocycles. The van der Waals surface area contributed by atoms with Crippen LogP contribution in [-0.2, 0) is 17.9 Å². The molecule has 2 fully saturated rings. The van der Waals surface area contributed by atoms with Crippen LogP contribution in [0.1, 0.15) is 37.1 Å². The predicted octanol–water partition coefficient (Wildman–Crippen LogP) is 1.54. The molecule has 1 saturated carbocycles. The fraction of sp³-hybridized carbons (Fsp3) is 0.786. The van der Waals surface area contributed by atoms with Gasteiger partial charge < -0.3 is 14.6 Å². The van der Waals surface area contributed by atoms with Crippen LogP contribution in [-0.4, -0.2) is 42.3 Å². The number of hydrogen-bond donors (Lipinski definition) is 1. The zero-order valence-corrected chi connectivity index (χ0v) is 11.6. The minimum absolute atomic E-state index is 0.501. The molecule has 0 spiro atoms. The van der Waals surface area contributed by atoms with Crippen molar-refractivity contribution in [2.24, 2.45) is 0 Å². The molecule has 106 valence electrons. The van der Waals surface area contributed by atoms with Gasteiger partial charge in [0.05, 0.1) is 5.69 Å². The molecule has 1 saturated heterocycles. The van der Waals surface area contributed by atoms with E-state index in [1.165, 1.54) is 32.2 Å². The number of methoxy groups -OCH3 is 1. The molecule has 1 aromatic heterocycles. The molecule has 0 amide bonds. The molecule has 2 aliphatic rings. The molecule has 19 heavy (non-hydrogen) atoms. The fourth-order valence-electron chi connectivity index (χ4n) is 2.83. The minimum Gasteiger partial charge on any atom is -0.377 e. The number of nitrogens with zero attached hydrogens (tertiary/aromatic N) is 2. The molecular weight excluding hydrogens is 242 g/mol. The largest absolute Gasteiger partial charge is 0.377 e. The van der Waals surface area contributed by atoms with Gasteiger partial charge in [0.2, 0.25) is 0 Å². The standard InChI is InChI=1S/C14H23N3O2/c1-18-10-14-7-12(16-19-14)9-17(13-4-5-13)8-11-3-2-6-15-11/h7,11,13,15H,2-6,8-10H2,1H3. The summed E-state index contributed by atoms with van der Waals surface area (Å²) in [6.07, 6.45) is 5.27. The quantitative estimate of drug-likeness (QED) is 0.810. The third-order valence-corrected chi connectivity index (χ3v) is 3.94. The van der Waals surface area contributed by atoms with Crippen LogP contribution in [0, 0.1) is 0 Å². The van der Waals surface area contributed by atoms with Gasteiger partial charge in [0, 0.05) is 38.3 Å². The SMILES string of the molecule is COCc1cc(CN(CC2CCCN2)C2CC2)no1. The van der Waals surface area contributed by atoms with Crippen molar-refractivity contribution in [1.82, 2.24) is 15.4 Å². The Kier molecular flexibility index (Phi) is 4.15. The number of ether oxygens (including phenoxy) is 1. The number of rotatable bonds is 7. The van der Waals surface area contributed by atoms with Crippen molar-refractivity contribution in [3.63, 3.8) is 0 Å². The third-order valence-electron chi connectivity index (χ3n) is 3.94. The van der Waals surface area contributed by atoms with E-state index in [4.69, 9.17) is 9.26 Å². The van der Waals surface area contributed by atoms with Gasteiger partial charge in [-0.3, -0.25) is 4.90 Å². The van der Waals surface area contributed by atoms with E-state index in [9.17, 15) is 0 Å². The average molecular weight is 265 g/mol. The molecule has 2 heterocycles. The van der Waals surface area contributed by atoms with Crippen LogP contribution in [0.4, 0.5) is 0 Å². The molecule has 0 bridgehead atoms. The van der Waals surface area contributed by atoms with Gasteiger partial charge in [0.25, 0.3) is 0 Å². The van der Waals surface area contributed by atoms with Crippen LogP contribution in [0.2, 0.25) is 0 Å².